The Morgan fingerprint density at radius 2 is 2.08 bits per heavy atom. The predicted octanol–water partition coefficient (Wildman–Crippen LogP) is 2.81. The van der Waals surface area contributed by atoms with Gasteiger partial charge in [0.2, 0.25) is 0 Å². The second-order valence-electron chi connectivity index (χ2n) is 6.61. The summed E-state index contributed by atoms with van der Waals surface area (Å²) < 4.78 is 1.87. The zero-order valence-electron chi connectivity index (χ0n) is 14.8. The smallest absolute Gasteiger partial charge is 0.274 e. The Hall–Kier alpha value is -2.30. The monoisotopic (exact) mass is 326 g/mol. The van der Waals surface area contributed by atoms with E-state index in [1.54, 1.807) is 0 Å². The van der Waals surface area contributed by atoms with Crippen molar-refractivity contribution in [1.29, 1.82) is 0 Å². The summed E-state index contributed by atoms with van der Waals surface area (Å²) in [5, 5.41) is 4.40. The Balaban J connectivity index is 1.59. The van der Waals surface area contributed by atoms with E-state index in [-0.39, 0.29) is 5.91 Å². The summed E-state index contributed by atoms with van der Waals surface area (Å²) in [7, 11) is 1.88. The molecule has 1 aromatic carbocycles. The lowest BCUT2D eigenvalue weighted by Gasteiger charge is -2.22. The van der Waals surface area contributed by atoms with E-state index in [1.807, 2.05) is 42.6 Å². The molecule has 1 aliphatic heterocycles. The van der Waals surface area contributed by atoms with Crippen LogP contribution in [0.5, 0.6) is 0 Å². The number of hydrogen-bond acceptors (Lipinski definition) is 3. The van der Waals surface area contributed by atoms with E-state index >= 15 is 0 Å². The van der Waals surface area contributed by atoms with Crippen LogP contribution >= 0.6 is 0 Å². The third-order valence-electron chi connectivity index (χ3n) is 4.79. The number of hydrogen-bond donors (Lipinski definition) is 0. The number of aromatic nitrogens is 2. The molecule has 0 spiro atoms. The molecule has 1 amide bonds. The molecule has 5 nitrogen and oxygen atoms in total. The Morgan fingerprint density at radius 1 is 1.33 bits per heavy atom. The number of anilines is 1. The Morgan fingerprint density at radius 3 is 2.75 bits per heavy atom. The normalized spacial score (nSPS) is 17.3. The van der Waals surface area contributed by atoms with E-state index in [0.29, 0.717) is 11.6 Å². The molecule has 0 unspecified atom stereocenters. The van der Waals surface area contributed by atoms with Crippen LogP contribution in [0.25, 0.3) is 0 Å². The highest BCUT2D eigenvalue weighted by atomic mass is 16.2. The van der Waals surface area contributed by atoms with Crippen molar-refractivity contribution in [3.05, 3.63) is 47.8 Å². The first-order valence-corrected chi connectivity index (χ1v) is 8.68. The summed E-state index contributed by atoms with van der Waals surface area (Å²) in [5.41, 5.74) is 2.85. The summed E-state index contributed by atoms with van der Waals surface area (Å²) in [6.45, 7) is 7.65. The molecule has 0 bridgehead atoms. The van der Waals surface area contributed by atoms with Crippen molar-refractivity contribution in [3.63, 3.8) is 0 Å². The number of carbonyl (C=O) groups is 1. The van der Waals surface area contributed by atoms with Gasteiger partial charge in [-0.2, -0.15) is 5.10 Å². The highest BCUT2D eigenvalue weighted by molar-refractivity contribution is 5.92. The van der Waals surface area contributed by atoms with Crippen molar-refractivity contribution in [2.75, 3.05) is 31.6 Å². The lowest BCUT2D eigenvalue weighted by Crippen LogP contribution is -2.33. The molecule has 1 aliphatic rings. The van der Waals surface area contributed by atoms with Crippen LogP contribution in [0.4, 0.5) is 5.69 Å². The largest absolute Gasteiger partial charge is 0.371 e. The number of nitrogens with zero attached hydrogens (tertiary/aromatic N) is 4. The summed E-state index contributed by atoms with van der Waals surface area (Å²) >= 11 is 0. The number of amides is 1. The van der Waals surface area contributed by atoms with E-state index in [4.69, 9.17) is 0 Å². The molecule has 5 heteroatoms. The molecule has 2 heterocycles. The minimum absolute atomic E-state index is 0.0171. The Kier molecular flexibility index (Phi) is 4.88. The van der Waals surface area contributed by atoms with E-state index in [1.165, 1.54) is 5.69 Å². The lowest BCUT2D eigenvalue weighted by atomic mass is 10.1. The molecule has 3 rings (SSSR count). The highest BCUT2D eigenvalue weighted by Crippen LogP contribution is 2.24. The summed E-state index contributed by atoms with van der Waals surface area (Å²) in [6, 6.07) is 12.4. The molecule has 0 saturated carbocycles. The quantitative estimate of drug-likeness (QED) is 0.848. The van der Waals surface area contributed by atoms with Crippen molar-refractivity contribution in [2.45, 2.75) is 26.8 Å². The maximum Gasteiger partial charge on any atom is 0.274 e. The average molecular weight is 326 g/mol. The van der Waals surface area contributed by atoms with Crippen LogP contribution in [0.2, 0.25) is 0 Å². The van der Waals surface area contributed by atoms with Crippen LogP contribution in [-0.4, -0.2) is 47.3 Å². The topological polar surface area (TPSA) is 41.4 Å². The van der Waals surface area contributed by atoms with Gasteiger partial charge in [0.05, 0.1) is 0 Å². The van der Waals surface area contributed by atoms with Crippen LogP contribution in [-0.2, 0) is 6.54 Å². The van der Waals surface area contributed by atoms with Crippen LogP contribution < -0.4 is 4.90 Å². The first-order valence-electron chi connectivity index (χ1n) is 8.68. The zero-order valence-corrected chi connectivity index (χ0v) is 14.8. The molecule has 1 atom stereocenters. The van der Waals surface area contributed by atoms with Gasteiger partial charge >= 0.3 is 0 Å². The molecule has 24 heavy (non-hydrogen) atoms. The molecule has 0 N–H and O–H groups in total. The SMILES string of the molecule is CCn1nc(C(=O)N(C)C[C@H]2CCN(c3ccccc3)C2)cc1C. The first kappa shape index (κ1) is 16.6. The molecular weight excluding hydrogens is 300 g/mol. The third kappa shape index (κ3) is 3.45. The van der Waals surface area contributed by atoms with Gasteiger partial charge in [-0.15, -0.1) is 0 Å². The Bertz CT molecular complexity index is 695. The number of benzene rings is 1. The van der Waals surface area contributed by atoms with Gasteiger partial charge in [-0.05, 0) is 44.4 Å². The fraction of sp³-hybridized carbons (Fsp3) is 0.474. The molecule has 1 saturated heterocycles. The minimum Gasteiger partial charge on any atom is -0.371 e. The van der Waals surface area contributed by atoms with Gasteiger partial charge in [-0.3, -0.25) is 9.48 Å². The van der Waals surface area contributed by atoms with Crippen LogP contribution in [0.15, 0.2) is 36.4 Å². The van der Waals surface area contributed by atoms with Gasteiger partial charge < -0.3 is 9.80 Å². The Labute approximate surface area is 143 Å². The maximum atomic E-state index is 12.6. The average Bonchev–Trinajstić information content (AvgIpc) is 3.21. The van der Waals surface area contributed by atoms with Crippen molar-refractivity contribution in [2.24, 2.45) is 5.92 Å². The summed E-state index contributed by atoms with van der Waals surface area (Å²) in [4.78, 5) is 16.8. The van der Waals surface area contributed by atoms with Gasteiger partial charge in [-0.1, -0.05) is 18.2 Å². The first-order chi connectivity index (χ1) is 11.6. The zero-order chi connectivity index (χ0) is 17.1. The number of carbonyl (C=O) groups excluding carboxylic acids is 1. The van der Waals surface area contributed by atoms with Gasteiger partial charge in [0, 0.05) is 44.6 Å². The van der Waals surface area contributed by atoms with Crippen molar-refractivity contribution in [1.82, 2.24) is 14.7 Å². The van der Waals surface area contributed by atoms with E-state index in [9.17, 15) is 4.79 Å². The standard InChI is InChI=1S/C19H26N4O/c1-4-23-15(2)12-18(20-23)19(24)21(3)13-16-10-11-22(14-16)17-8-6-5-7-9-17/h5-9,12,16H,4,10-11,13-14H2,1-3H3/t16-/m1/s1. The molecule has 0 radical (unpaired) electrons. The second-order valence-corrected chi connectivity index (χ2v) is 6.61. The minimum atomic E-state index is 0.0171. The number of aryl methyl sites for hydroxylation is 2. The fourth-order valence-electron chi connectivity index (χ4n) is 3.46. The third-order valence-corrected chi connectivity index (χ3v) is 4.79. The number of para-hydroxylation sites is 1. The summed E-state index contributed by atoms with van der Waals surface area (Å²) in [5.74, 6) is 0.525. The van der Waals surface area contributed by atoms with Crippen LogP contribution in [0.3, 0.4) is 0 Å². The number of rotatable bonds is 5. The van der Waals surface area contributed by atoms with Gasteiger partial charge in [0.1, 0.15) is 0 Å². The maximum absolute atomic E-state index is 12.6. The molecular formula is C19H26N4O. The van der Waals surface area contributed by atoms with Crippen LogP contribution in [0.1, 0.15) is 29.5 Å². The molecule has 2 aromatic rings. The van der Waals surface area contributed by atoms with Crippen molar-refractivity contribution < 1.29 is 4.79 Å². The molecule has 0 aliphatic carbocycles. The van der Waals surface area contributed by atoms with Gasteiger partial charge in [-0.25, -0.2) is 0 Å². The second kappa shape index (κ2) is 7.07. The molecule has 128 valence electrons. The van der Waals surface area contributed by atoms with Gasteiger partial charge in [0.25, 0.3) is 5.91 Å². The lowest BCUT2D eigenvalue weighted by molar-refractivity contribution is 0.0769. The van der Waals surface area contributed by atoms with E-state index < -0.39 is 0 Å². The predicted molar refractivity (Wildman–Crippen MR) is 96.4 cm³/mol. The van der Waals surface area contributed by atoms with Crippen LogP contribution in [0, 0.1) is 12.8 Å². The van der Waals surface area contributed by atoms with E-state index in [0.717, 1.165) is 38.3 Å². The van der Waals surface area contributed by atoms with Crippen molar-refractivity contribution in [3.8, 4) is 0 Å². The molecule has 1 aromatic heterocycles. The highest BCUT2D eigenvalue weighted by Gasteiger charge is 2.26. The fourth-order valence-corrected chi connectivity index (χ4v) is 3.46. The summed E-state index contributed by atoms with van der Waals surface area (Å²) in [6.07, 6.45) is 1.12. The van der Waals surface area contributed by atoms with Crippen molar-refractivity contribution >= 4 is 11.6 Å². The van der Waals surface area contributed by atoms with E-state index in [2.05, 4.69) is 34.3 Å². The van der Waals surface area contributed by atoms with Gasteiger partial charge in [0.15, 0.2) is 5.69 Å². The molecule has 1 fully saturated rings.